The molecule has 0 amide bonds. The molecule has 0 radical (unpaired) electrons. The van der Waals surface area contributed by atoms with E-state index < -0.39 is 15.3 Å². The van der Waals surface area contributed by atoms with Crippen molar-refractivity contribution in [3.8, 4) is 0 Å². The fourth-order valence-electron chi connectivity index (χ4n) is 0. The maximum atomic E-state index is 8.06. The van der Waals surface area contributed by atoms with Gasteiger partial charge >= 0.3 is 35.7 Å². The van der Waals surface area contributed by atoms with Crippen LogP contribution in [0.3, 0.4) is 0 Å². The molecule has 0 aliphatic carbocycles. The third-order valence-corrected chi connectivity index (χ3v) is 1.47. The Morgan fingerprint density at radius 2 is 1.80 bits per heavy atom. The molecule has 0 heterocycles. The molecule has 0 aliphatic rings. The Bertz CT molecular complexity index is 21.6. The molecule has 0 spiro atoms. The van der Waals surface area contributed by atoms with Crippen LogP contribution < -0.4 is 0 Å². The van der Waals surface area contributed by atoms with Crippen molar-refractivity contribution in [3.63, 3.8) is 0 Å². The van der Waals surface area contributed by atoms with Crippen LogP contribution in [0.25, 0.3) is 0 Å². The third kappa shape index (κ3) is 4.48. The van der Waals surface area contributed by atoms with Crippen molar-refractivity contribution in [3.05, 3.63) is 0 Å². The summed E-state index contributed by atoms with van der Waals surface area (Å²) in [5, 5.41) is 0.562. The first-order valence-electron chi connectivity index (χ1n) is 1.42. The average Bonchev–Trinajstić information content (AvgIpc) is 1.38. The van der Waals surface area contributed by atoms with Crippen molar-refractivity contribution >= 4 is 15.3 Å². The quantitative estimate of drug-likeness (QED) is 0.478. The molecule has 0 bridgehead atoms. The normalized spacial score (nSPS) is 9.60. The van der Waals surface area contributed by atoms with Crippen LogP contribution in [-0.2, 0) is 0 Å². The van der Waals surface area contributed by atoms with Crippen molar-refractivity contribution < 1.29 is 8.19 Å². The SMILES string of the molecule is CC[As](O)O. The standard InChI is InChI=1S/C2H7AsO2/c1-2-3(4)5/h4-5H,2H2,1H3. The second-order valence-corrected chi connectivity index (χ2v) is 3.58. The summed E-state index contributed by atoms with van der Waals surface area (Å²) in [6, 6.07) is 0. The molecule has 5 heavy (non-hydrogen) atoms. The summed E-state index contributed by atoms with van der Waals surface area (Å²) >= 11 is -2.20. The molecule has 32 valence electrons. The molecule has 0 aromatic heterocycles. The van der Waals surface area contributed by atoms with Crippen LogP contribution in [-0.4, -0.2) is 23.5 Å². The fourth-order valence-corrected chi connectivity index (χ4v) is 0. The second-order valence-electron chi connectivity index (χ2n) is 0.689. The zero-order chi connectivity index (χ0) is 4.28. The zero-order valence-electron chi connectivity index (χ0n) is 3.05. The fraction of sp³-hybridized carbons (Fsp3) is 1.00. The van der Waals surface area contributed by atoms with Gasteiger partial charge in [-0.3, -0.25) is 0 Å². The molecule has 0 rings (SSSR count). The van der Waals surface area contributed by atoms with Crippen molar-refractivity contribution in [2.75, 3.05) is 0 Å². The Morgan fingerprint density at radius 1 is 1.60 bits per heavy atom. The van der Waals surface area contributed by atoms with Gasteiger partial charge in [-0.15, -0.1) is 0 Å². The molecule has 2 nitrogen and oxygen atoms in total. The van der Waals surface area contributed by atoms with Gasteiger partial charge in [-0.1, -0.05) is 0 Å². The van der Waals surface area contributed by atoms with E-state index in [1.54, 1.807) is 6.92 Å². The summed E-state index contributed by atoms with van der Waals surface area (Å²) in [6.07, 6.45) is 0. The zero-order valence-corrected chi connectivity index (χ0v) is 4.93. The Labute approximate surface area is 36.4 Å². The maximum absolute atomic E-state index is 8.06. The summed E-state index contributed by atoms with van der Waals surface area (Å²) in [5.41, 5.74) is 0. The summed E-state index contributed by atoms with van der Waals surface area (Å²) in [4.78, 5) is 0. The first-order chi connectivity index (χ1) is 2.27. The van der Waals surface area contributed by atoms with Crippen LogP contribution >= 0.6 is 0 Å². The van der Waals surface area contributed by atoms with E-state index in [4.69, 9.17) is 8.19 Å². The van der Waals surface area contributed by atoms with Crippen molar-refractivity contribution in [2.24, 2.45) is 0 Å². The number of hydrogen-bond acceptors (Lipinski definition) is 2. The average molecular weight is 138 g/mol. The Balaban J connectivity index is 2.54. The number of hydrogen-bond donors (Lipinski definition) is 2. The molecule has 2 N–H and O–H groups in total. The molecule has 0 saturated heterocycles. The van der Waals surface area contributed by atoms with Crippen LogP contribution in [0, 0.1) is 0 Å². The van der Waals surface area contributed by atoms with Crippen molar-refractivity contribution in [1.29, 1.82) is 0 Å². The molecular weight excluding hydrogens is 131 g/mol. The first kappa shape index (κ1) is 5.48. The van der Waals surface area contributed by atoms with Gasteiger partial charge in [0.1, 0.15) is 0 Å². The van der Waals surface area contributed by atoms with Gasteiger partial charge in [0.05, 0.1) is 0 Å². The Kier molecular flexibility index (Phi) is 2.96. The van der Waals surface area contributed by atoms with E-state index in [9.17, 15) is 0 Å². The van der Waals surface area contributed by atoms with Gasteiger partial charge in [0, 0.05) is 0 Å². The van der Waals surface area contributed by atoms with E-state index in [0.717, 1.165) is 0 Å². The van der Waals surface area contributed by atoms with E-state index >= 15 is 0 Å². The third-order valence-electron chi connectivity index (χ3n) is 0.283. The summed E-state index contributed by atoms with van der Waals surface area (Å²) in [7, 11) is 0. The van der Waals surface area contributed by atoms with Gasteiger partial charge in [0.25, 0.3) is 0 Å². The van der Waals surface area contributed by atoms with E-state index in [-0.39, 0.29) is 0 Å². The topological polar surface area (TPSA) is 40.5 Å². The molecule has 0 aliphatic heterocycles. The first-order valence-corrected chi connectivity index (χ1v) is 4.43. The Hall–Kier alpha value is 0.478. The molecule has 0 atom stereocenters. The molecule has 0 saturated carbocycles. The number of rotatable bonds is 1. The predicted molar refractivity (Wildman–Crippen MR) is 20.7 cm³/mol. The van der Waals surface area contributed by atoms with Gasteiger partial charge in [0.2, 0.25) is 0 Å². The van der Waals surface area contributed by atoms with Crippen molar-refractivity contribution in [1.82, 2.24) is 0 Å². The minimum atomic E-state index is -2.20. The predicted octanol–water partition coefficient (Wildman–Crippen LogP) is -0.521. The summed E-state index contributed by atoms with van der Waals surface area (Å²) in [5.74, 6) is 0. The van der Waals surface area contributed by atoms with Crippen molar-refractivity contribution in [2.45, 2.75) is 12.1 Å². The van der Waals surface area contributed by atoms with E-state index in [1.165, 1.54) is 0 Å². The molecule has 0 unspecified atom stereocenters. The van der Waals surface area contributed by atoms with Crippen LogP contribution in [0.4, 0.5) is 0 Å². The molecule has 0 aromatic rings. The summed E-state index contributed by atoms with van der Waals surface area (Å²) < 4.78 is 16.1. The van der Waals surface area contributed by atoms with Gasteiger partial charge in [-0.2, -0.15) is 0 Å². The Morgan fingerprint density at radius 3 is 1.80 bits per heavy atom. The minimum absolute atomic E-state index is 0.562. The second kappa shape index (κ2) is 2.70. The van der Waals surface area contributed by atoms with Crippen LogP contribution in [0.5, 0.6) is 0 Å². The van der Waals surface area contributed by atoms with Crippen LogP contribution in [0.2, 0.25) is 5.21 Å². The van der Waals surface area contributed by atoms with Gasteiger partial charge in [-0.25, -0.2) is 0 Å². The van der Waals surface area contributed by atoms with Crippen LogP contribution in [0.1, 0.15) is 6.92 Å². The molecule has 0 fully saturated rings. The van der Waals surface area contributed by atoms with Gasteiger partial charge < -0.3 is 0 Å². The van der Waals surface area contributed by atoms with Crippen LogP contribution in [0.15, 0.2) is 0 Å². The van der Waals surface area contributed by atoms with Gasteiger partial charge in [-0.05, 0) is 0 Å². The van der Waals surface area contributed by atoms with Gasteiger partial charge in [0.15, 0.2) is 0 Å². The van der Waals surface area contributed by atoms with E-state index in [0.29, 0.717) is 5.21 Å². The molecular formula is C2H7AsO2. The van der Waals surface area contributed by atoms with E-state index in [2.05, 4.69) is 0 Å². The summed E-state index contributed by atoms with van der Waals surface area (Å²) in [6.45, 7) is 1.76. The monoisotopic (exact) mass is 138 g/mol. The molecule has 3 heteroatoms. The molecule has 0 aromatic carbocycles. The van der Waals surface area contributed by atoms with E-state index in [1.807, 2.05) is 0 Å².